The summed E-state index contributed by atoms with van der Waals surface area (Å²) in [7, 11) is 1.63. The van der Waals surface area contributed by atoms with Gasteiger partial charge >= 0.3 is 12.0 Å². The molecule has 108 valence electrons. The van der Waals surface area contributed by atoms with Gasteiger partial charge in [-0.1, -0.05) is 0 Å². The van der Waals surface area contributed by atoms with Crippen LogP contribution in [0.25, 0.3) is 0 Å². The maximum atomic E-state index is 11.8. The zero-order valence-corrected chi connectivity index (χ0v) is 11.0. The Hall–Kier alpha value is -1.34. The quantitative estimate of drug-likeness (QED) is 0.659. The summed E-state index contributed by atoms with van der Waals surface area (Å²) < 4.78 is 10.5. The average molecular weight is 272 g/mol. The SMILES string of the molecule is COC1(CNC(=O)NC2(C(=O)O)CCOC2)CCC1. The zero-order valence-electron chi connectivity index (χ0n) is 11.0. The van der Waals surface area contributed by atoms with E-state index in [9.17, 15) is 14.7 Å². The van der Waals surface area contributed by atoms with Gasteiger partial charge in [-0.3, -0.25) is 0 Å². The number of urea groups is 1. The van der Waals surface area contributed by atoms with Crippen LogP contribution >= 0.6 is 0 Å². The first-order chi connectivity index (χ1) is 9.02. The van der Waals surface area contributed by atoms with Crippen molar-refractivity contribution in [3.63, 3.8) is 0 Å². The van der Waals surface area contributed by atoms with Gasteiger partial charge in [0.25, 0.3) is 0 Å². The lowest BCUT2D eigenvalue weighted by Crippen LogP contribution is -2.59. The van der Waals surface area contributed by atoms with E-state index in [0.29, 0.717) is 13.2 Å². The molecule has 1 aliphatic heterocycles. The highest BCUT2D eigenvalue weighted by atomic mass is 16.5. The third-order valence-electron chi connectivity index (χ3n) is 4.05. The van der Waals surface area contributed by atoms with Crippen molar-refractivity contribution in [2.24, 2.45) is 0 Å². The molecule has 0 radical (unpaired) electrons. The summed E-state index contributed by atoms with van der Waals surface area (Å²) in [5.74, 6) is -1.06. The Morgan fingerprint density at radius 3 is 2.53 bits per heavy atom. The summed E-state index contributed by atoms with van der Waals surface area (Å²) in [5.41, 5.74) is -1.58. The molecule has 2 rings (SSSR count). The molecule has 1 atom stereocenters. The molecule has 0 bridgehead atoms. The molecule has 0 aromatic rings. The van der Waals surface area contributed by atoms with Crippen LogP contribution in [-0.2, 0) is 14.3 Å². The van der Waals surface area contributed by atoms with E-state index < -0.39 is 17.5 Å². The van der Waals surface area contributed by atoms with Crippen LogP contribution < -0.4 is 10.6 Å². The van der Waals surface area contributed by atoms with E-state index in [1.807, 2.05) is 0 Å². The minimum Gasteiger partial charge on any atom is -0.479 e. The summed E-state index contributed by atoms with van der Waals surface area (Å²) in [6.45, 7) is 0.742. The fraction of sp³-hybridized carbons (Fsp3) is 0.833. The fourth-order valence-corrected chi connectivity index (χ4v) is 2.41. The highest BCUT2D eigenvalue weighted by Gasteiger charge is 2.44. The van der Waals surface area contributed by atoms with Gasteiger partial charge in [0.2, 0.25) is 0 Å². The molecule has 19 heavy (non-hydrogen) atoms. The molecule has 2 amide bonds. The van der Waals surface area contributed by atoms with E-state index in [-0.39, 0.29) is 18.6 Å². The van der Waals surface area contributed by atoms with Gasteiger partial charge < -0.3 is 25.2 Å². The number of methoxy groups -OCH3 is 1. The molecular weight excluding hydrogens is 252 g/mol. The van der Waals surface area contributed by atoms with Gasteiger partial charge in [0, 0.05) is 26.7 Å². The Kier molecular flexibility index (Phi) is 3.96. The van der Waals surface area contributed by atoms with Crippen LogP contribution in [-0.4, -0.2) is 55.1 Å². The van der Waals surface area contributed by atoms with Gasteiger partial charge in [0.15, 0.2) is 5.54 Å². The number of ether oxygens (including phenoxy) is 2. The standard InChI is InChI=1S/C12H20N2O5/c1-18-11(3-2-4-11)7-13-10(17)14-12(9(15)16)5-6-19-8-12/h2-8H2,1H3,(H,15,16)(H2,13,14,17). The van der Waals surface area contributed by atoms with E-state index in [2.05, 4.69) is 10.6 Å². The van der Waals surface area contributed by atoms with Crippen molar-refractivity contribution in [2.75, 3.05) is 26.9 Å². The number of aliphatic carboxylic acids is 1. The Morgan fingerprint density at radius 1 is 1.37 bits per heavy atom. The van der Waals surface area contributed by atoms with E-state index in [0.717, 1.165) is 19.3 Å². The van der Waals surface area contributed by atoms with Crippen LogP contribution in [0.5, 0.6) is 0 Å². The highest BCUT2D eigenvalue weighted by molar-refractivity contribution is 5.86. The van der Waals surface area contributed by atoms with E-state index in [4.69, 9.17) is 9.47 Å². The average Bonchev–Trinajstić information content (AvgIpc) is 2.78. The summed E-state index contributed by atoms with van der Waals surface area (Å²) >= 11 is 0. The van der Waals surface area contributed by atoms with Crippen LogP contribution in [0.3, 0.4) is 0 Å². The predicted octanol–water partition coefficient (Wildman–Crippen LogP) is 0.0984. The van der Waals surface area contributed by atoms with Crippen molar-refractivity contribution in [1.82, 2.24) is 10.6 Å². The first-order valence-corrected chi connectivity index (χ1v) is 6.44. The minimum absolute atomic E-state index is 0.00513. The van der Waals surface area contributed by atoms with Crippen LogP contribution in [0.1, 0.15) is 25.7 Å². The van der Waals surface area contributed by atoms with Crippen molar-refractivity contribution < 1.29 is 24.2 Å². The van der Waals surface area contributed by atoms with Crippen molar-refractivity contribution in [1.29, 1.82) is 0 Å². The van der Waals surface area contributed by atoms with Crippen molar-refractivity contribution in [2.45, 2.75) is 36.8 Å². The van der Waals surface area contributed by atoms with Gasteiger partial charge in [-0.15, -0.1) is 0 Å². The number of carbonyl (C=O) groups excluding carboxylic acids is 1. The number of carbonyl (C=O) groups is 2. The molecule has 0 aromatic heterocycles. The van der Waals surface area contributed by atoms with Crippen LogP contribution in [0, 0.1) is 0 Å². The summed E-state index contributed by atoms with van der Waals surface area (Å²) in [6.07, 6.45) is 3.20. The van der Waals surface area contributed by atoms with Gasteiger partial charge in [-0.05, 0) is 19.3 Å². The lowest BCUT2D eigenvalue weighted by atomic mass is 9.80. The van der Waals surface area contributed by atoms with Gasteiger partial charge in [-0.25, -0.2) is 9.59 Å². The molecular formula is C12H20N2O5. The van der Waals surface area contributed by atoms with E-state index in [1.165, 1.54) is 0 Å². The molecule has 7 nitrogen and oxygen atoms in total. The highest BCUT2D eigenvalue weighted by Crippen LogP contribution is 2.34. The fourth-order valence-electron chi connectivity index (χ4n) is 2.41. The van der Waals surface area contributed by atoms with Crippen LogP contribution in [0.2, 0.25) is 0 Å². The second kappa shape index (κ2) is 5.34. The molecule has 1 saturated carbocycles. The van der Waals surface area contributed by atoms with Gasteiger partial charge in [0.05, 0.1) is 12.2 Å². The Morgan fingerprint density at radius 2 is 2.11 bits per heavy atom. The normalized spacial score (nSPS) is 28.5. The summed E-state index contributed by atoms with van der Waals surface area (Å²) in [5, 5.41) is 14.4. The summed E-state index contributed by atoms with van der Waals surface area (Å²) in [4.78, 5) is 23.1. The molecule has 1 saturated heterocycles. The largest absolute Gasteiger partial charge is 0.479 e. The first kappa shape index (κ1) is 14.1. The Labute approximate surface area is 111 Å². The molecule has 1 heterocycles. The second-order valence-electron chi connectivity index (χ2n) is 5.24. The van der Waals surface area contributed by atoms with Gasteiger partial charge in [-0.2, -0.15) is 0 Å². The zero-order chi connectivity index (χ0) is 13.9. The molecule has 3 N–H and O–H groups in total. The number of carboxylic acids is 1. The van der Waals surface area contributed by atoms with Crippen molar-refractivity contribution in [3.8, 4) is 0 Å². The smallest absolute Gasteiger partial charge is 0.332 e. The number of hydrogen-bond acceptors (Lipinski definition) is 4. The van der Waals surface area contributed by atoms with Crippen LogP contribution in [0.15, 0.2) is 0 Å². The molecule has 2 aliphatic rings. The maximum absolute atomic E-state index is 11.8. The van der Waals surface area contributed by atoms with Crippen LogP contribution in [0.4, 0.5) is 4.79 Å². The minimum atomic E-state index is -1.30. The number of rotatable bonds is 5. The first-order valence-electron chi connectivity index (χ1n) is 6.44. The number of amides is 2. The maximum Gasteiger partial charge on any atom is 0.332 e. The van der Waals surface area contributed by atoms with Crippen molar-refractivity contribution in [3.05, 3.63) is 0 Å². The third kappa shape index (κ3) is 2.82. The van der Waals surface area contributed by atoms with Gasteiger partial charge in [0.1, 0.15) is 0 Å². The van der Waals surface area contributed by atoms with E-state index >= 15 is 0 Å². The number of carboxylic acid groups (broad SMARTS) is 1. The molecule has 0 spiro atoms. The van der Waals surface area contributed by atoms with E-state index in [1.54, 1.807) is 7.11 Å². The molecule has 1 unspecified atom stereocenters. The Bertz CT molecular complexity index is 356. The third-order valence-corrected chi connectivity index (χ3v) is 4.05. The summed E-state index contributed by atoms with van der Waals surface area (Å²) in [6, 6.07) is -0.490. The Balaban J connectivity index is 1.85. The molecule has 2 fully saturated rings. The van der Waals surface area contributed by atoms with Crippen molar-refractivity contribution >= 4 is 12.0 Å². The lowest BCUT2D eigenvalue weighted by Gasteiger charge is -2.40. The lowest BCUT2D eigenvalue weighted by molar-refractivity contribution is -0.144. The molecule has 7 heteroatoms. The molecule has 1 aliphatic carbocycles. The number of nitrogens with one attached hydrogen (secondary N) is 2. The monoisotopic (exact) mass is 272 g/mol. The topological polar surface area (TPSA) is 96.9 Å². The second-order valence-corrected chi connectivity index (χ2v) is 5.24. The molecule has 0 aromatic carbocycles. The predicted molar refractivity (Wildman–Crippen MR) is 65.9 cm³/mol. The number of hydrogen-bond donors (Lipinski definition) is 3.